The van der Waals surface area contributed by atoms with Crippen LogP contribution >= 0.6 is 0 Å². The number of hydroxylamine groups is 1. The third-order valence-corrected chi connectivity index (χ3v) is 9.60. The van der Waals surface area contributed by atoms with E-state index in [1.165, 1.54) is 0 Å². The molecule has 3 fully saturated rings. The van der Waals surface area contributed by atoms with Crippen LogP contribution in [0, 0.1) is 0 Å². The number of aliphatic hydroxyl groups is 1. The van der Waals surface area contributed by atoms with Crippen molar-refractivity contribution < 1.29 is 38.9 Å². The molecule has 2 amide bonds. The number of benzene rings is 3. The smallest absolute Gasteiger partial charge is 0.243 e. The van der Waals surface area contributed by atoms with E-state index in [0.717, 1.165) is 72.3 Å². The minimum Gasteiger partial charge on any atom is -0.392 e. The first kappa shape index (κ1) is 35.2. The molecule has 0 aliphatic carbocycles. The Kier molecular flexibility index (Phi) is 12.1. The Bertz CT molecular complexity index is 1530. The van der Waals surface area contributed by atoms with Crippen molar-refractivity contribution in [3.63, 3.8) is 0 Å². The van der Waals surface area contributed by atoms with Gasteiger partial charge in [0.1, 0.15) is 0 Å². The minimum absolute atomic E-state index is 0.00218. The minimum atomic E-state index is -0.565. The van der Waals surface area contributed by atoms with Crippen LogP contribution in [-0.2, 0) is 41.7 Å². The van der Waals surface area contributed by atoms with Gasteiger partial charge in [0.25, 0.3) is 0 Å². The van der Waals surface area contributed by atoms with Gasteiger partial charge in [-0.3, -0.25) is 14.8 Å². The molecule has 3 aliphatic heterocycles. The van der Waals surface area contributed by atoms with Crippen molar-refractivity contribution in [2.75, 3.05) is 32.8 Å². The number of likely N-dealkylation sites (tertiary alicyclic amines) is 1. The molecule has 3 atom stereocenters. The van der Waals surface area contributed by atoms with Crippen molar-refractivity contribution >= 4 is 11.8 Å². The van der Waals surface area contributed by atoms with Gasteiger partial charge in [0, 0.05) is 63.8 Å². The Labute approximate surface area is 287 Å². The molecular formula is C38H47N3O8. The summed E-state index contributed by atoms with van der Waals surface area (Å²) in [6.07, 6.45) is 3.22. The van der Waals surface area contributed by atoms with Crippen LogP contribution < -0.4 is 10.8 Å². The topological polar surface area (TPSA) is 139 Å². The zero-order valence-corrected chi connectivity index (χ0v) is 27.9. The second-order valence-corrected chi connectivity index (χ2v) is 13.1. The van der Waals surface area contributed by atoms with Crippen LogP contribution in [0.1, 0.15) is 79.6 Å². The van der Waals surface area contributed by atoms with E-state index in [9.17, 15) is 14.7 Å². The van der Waals surface area contributed by atoms with E-state index >= 15 is 0 Å². The van der Waals surface area contributed by atoms with Gasteiger partial charge in [0.05, 0.1) is 32.0 Å². The van der Waals surface area contributed by atoms with E-state index in [-0.39, 0.29) is 31.1 Å². The lowest BCUT2D eigenvalue weighted by molar-refractivity contribution is -0.255. The third-order valence-electron chi connectivity index (χ3n) is 9.60. The van der Waals surface area contributed by atoms with Gasteiger partial charge in [-0.2, -0.15) is 0 Å². The van der Waals surface area contributed by atoms with Crippen LogP contribution in [0.15, 0.2) is 72.8 Å². The summed E-state index contributed by atoms with van der Waals surface area (Å²) in [5.74, 6) is -0.947. The summed E-state index contributed by atoms with van der Waals surface area (Å²) < 4.78 is 25.2. The maximum Gasteiger partial charge on any atom is 0.243 e. The number of hydrogen-bond donors (Lipinski definition) is 4. The number of nitrogens with zero attached hydrogens (tertiary/aromatic N) is 1. The van der Waals surface area contributed by atoms with Crippen molar-refractivity contribution in [1.82, 2.24) is 15.7 Å². The fourth-order valence-electron chi connectivity index (χ4n) is 6.82. The second-order valence-electron chi connectivity index (χ2n) is 13.1. The van der Waals surface area contributed by atoms with Crippen LogP contribution in [0.5, 0.6) is 0 Å². The highest BCUT2D eigenvalue weighted by Gasteiger charge is 2.41. The van der Waals surface area contributed by atoms with Gasteiger partial charge in [0.15, 0.2) is 12.1 Å². The van der Waals surface area contributed by atoms with E-state index in [1.54, 1.807) is 5.48 Å². The van der Waals surface area contributed by atoms with Crippen LogP contribution in [0.4, 0.5) is 0 Å². The Hall–Kier alpha value is -3.68. The first-order valence-corrected chi connectivity index (χ1v) is 17.3. The van der Waals surface area contributed by atoms with Crippen molar-refractivity contribution in [2.24, 2.45) is 0 Å². The number of hydrogen-bond acceptors (Lipinski definition) is 9. The normalized spacial score (nSPS) is 22.2. The summed E-state index contributed by atoms with van der Waals surface area (Å²) in [4.78, 5) is 26.0. The molecule has 3 saturated heterocycles. The van der Waals surface area contributed by atoms with Crippen molar-refractivity contribution in [1.29, 1.82) is 0 Å². The van der Waals surface area contributed by atoms with Gasteiger partial charge in [0.2, 0.25) is 11.8 Å². The predicted molar refractivity (Wildman–Crippen MR) is 181 cm³/mol. The Balaban J connectivity index is 1.12. The van der Waals surface area contributed by atoms with Gasteiger partial charge in [-0.1, -0.05) is 60.7 Å². The van der Waals surface area contributed by atoms with Crippen LogP contribution in [0.25, 0.3) is 11.1 Å². The molecular weight excluding hydrogens is 626 g/mol. The summed E-state index contributed by atoms with van der Waals surface area (Å²) >= 11 is 0. The lowest BCUT2D eigenvalue weighted by atomic mass is 9.97. The lowest BCUT2D eigenvalue weighted by Gasteiger charge is -2.41. The summed E-state index contributed by atoms with van der Waals surface area (Å²) in [5.41, 5.74) is 7.47. The SMILES string of the molecule is O=C(CCCCC(=O)NCc1cccc(-c2cccc(C3OC(CN4CCC5(CC4)OCCO5)CC(c4ccc(CO)cc4)O3)c2)c1)NO. The quantitative estimate of drug-likeness (QED) is 0.113. The van der Waals surface area contributed by atoms with Gasteiger partial charge >= 0.3 is 0 Å². The molecule has 49 heavy (non-hydrogen) atoms. The zero-order valence-electron chi connectivity index (χ0n) is 27.9. The standard InChI is InChI=1S/C38H47N3O8/c42-26-27-11-13-29(14-12-27)34-23-33(25-41-17-15-38(16-18-41)46-19-20-47-38)48-37(49-34)32-8-4-7-31(22-32)30-6-3-5-28(21-30)24-39-35(43)9-1-2-10-36(44)40-45/h3-8,11-14,21-22,33-34,37,42,45H,1-2,9-10,15-20,23-26H2,(H,39,43)(H,40,44). The third kappa shape index (κ3) is 9.52. The molecule has 11 heteroatoms. The first-order valence-electron chi connectivity index (χ1n) is 17.3. The molecule has 11 nitrogen and oxygen atoms in total. The highest BCUT2D eigenvalue weighted by atomic mass is 16.7. The summed E-state index contributed by atoms with van der Waals surface area (Å²) in [6.45, 7) is 4.28. The molecule has 3 aromatic carbocycles. The maximum atomic E-state index is 12.4. The van der Waals surface area contributed by atoms with Crippen molar-refractivity contribution in [3.8, 4) is 11.1 Å². The first-order chi connectivity index (χ1) is 23.9. The Morgan fingerprint density at radius 1 is 0.816 bits per heavy atom. The van der Waals surface area contributed by atoms with E-state index < -0.39 is 18.0 Å². The van der Waals surface area contributed by atoms with E-state index in [2.05, 4.69) is 34.5 Å². The zero-order chi connectivity index (χ0) is 34.1. The molecule has 1 spiro atoms. The number of piperidine rings is 1. The Morgan fingerprint density at radius 2 is 1.51 bits per heavy atom. The van der Waals surface area contributed by atoms with E-state index in [4.69, 9.17) is 24.2 Å². The molecule has 0 radical (unpaired) electrons. The number of rotatable bonds is 13. The van der Waals surface area contributed by atoms with E-state index in [1.807, 2.05) is 48.5 Å². The summed E-state index contributed by atoms with van der Waals surface area (Å²) in [5, 5.41) is 21.1. The van der Waals surface area contributed by atoms with Crippen LogP contribution in [0.3, 0.4) is 0 Å². The maximum absolute atomic E-state index is 12.4. The molecule has 0 aromatic heterocycles. The van der Waals surface area contributed by atoms with E-state index in [0.29, 0.717) is 39.0 Å². The predicted octanol–water partition coefficient (Wildman–Crippen LogP) is 4.91. The van der Waals surface area contributed by atoms with Gasteiger partial charge in [-0.25, -0.2) is 5.48 Å². The molecule has 3 heterocycles. The average Bonchev–Trinajstić information content (AvgIpc) is 3.61. The molecule has 3 unspecified atom stereocenters. The van der Waals surface area contributed by atoms with Crippen LogP contribution in [0.2, 0.25) is 0 Å². The van der Waals surface area contributed by atoms with Crippen molar-refractivity contribution in [2.45, 2.75) is 82.4 Å². The summed E-state index contributed by atoms with van der Waals surface area (Å²) in [7, 11) is 0. The monoisotopic (exact) mass is 673 g/mol. The number of aliphatic hydroxyl groups excluding tert-OH is 1. The fraction of sp³-hybridized carbons (Fsp3) is 0.474. The molecule has 262 valence electrons. The molecule has 3 aromatic rings. The number of ether oxygens (including phenoxy) is 4. The Morgan fingerprint density at radius 3 is 2.22 bits per heavy atom. The highest BCUT2D eigenvalue weighted by Crippen LogP contribution is 2.40. The molecule has 0 bridgehead atoms. The fourth-order valence-corrected chi connectivity index (χ4v) is 6.82. The average molecular weight is 674 g/mol. The number of amides is 2. The molecule has 3 aliphatic rings. The van der Waals surface area contributed by atoms with Crippen molar-refractivity contribution in [3.05, 3.63) is 95.1 Å². The van der Waals surface area contributed by atoms with Gasteiger partial charge in [-0.05, 0) is 52.8 Å². The largest absolute Gasteiger partial charge is 0.392 e. The highest BCUT2D eigenvalue weighted by molar-refractivity contribution is 5.76. The molecule has 0 saturated carbocycles. The molecule has 4 N–H and O–H groups in total. The second kappa shape index (κ2) is 16.8. The van der Waals surface area contributed by atoms with Crippen LogP contribution in [-0.4, -0.2) is 71.8 Å². The number of unbranched alkanes of at least 4 members (excludes halogenated alkanes) is 1. The molecule has 6 rings (SSSR count). The number of carbonyl (C=O) groups excluding carboxylic acids is 2. The van der Waals surface area contributed by atoms with Gasteiger partial charge < -0.3 is 34.3 Å². The summed E-state index contributed by atoms with van der Waals surface area (Å²) in [6, 6.07) is 24.3. The van der Waals surface area contributed by atoms with Gasteiger partial charge in [-0.15, -0.1) is 0 Å². The lowest BCUT2D eigenvalue weighted by Crippen LogP contribution is -2.48. The number of nitrogens with one attached hydrogen (secondary N) is 2. The number of carbonyl (C=O) groups is 2.